The van der Waals surface area contributed by atoms with Crippen LogP contribution in [0.5, 0.6) is 0 Å². The Balaban J connectivity index is 1.68. The second-order valence-electron chi connectivity index (χ2n) is 7.04. The van der Waals surface area contributed by atoms with Crippen LogP contribution in [0.4, 0.5) is 4.79 Å². The number of benzene rings is 1. The molecule has 2 N–H and O–H groups in total. The van der Waals surface area contributed by atoms with Crippen molar-refractivity contribution in [1.82, 2.24) is 20.2 Å². The molecule has 0 saturated heterocycles. The van der Waals surface area contributed by atoms with Crippen molar-refractivity contribution in [2.24, 2.45) is 0 Å². The zero-order valence-electron chi connectivity index (χ0n) is 15.5. The van der Waals surface area contributed by atoms with Crippen LogP contribution in [-0.2, 0) is 6.54 Å². The Labute approximate surface area is 154 Å². The highest BCUT2D eigenvalue weighted by Crippen LogP contribution is 2.17. The number of hydrogen-bond donors (Lipinski definition) is 2. The Morgan fingerprint density at radius 2 is 1.88 bits per heavy atom. The van der Waals surface area contributed by atoms with Crippen molar-refractivity contribution in [2.75, 3.05) is 6.54 Å². The highest BCUT2D eigenvalue weighted by molar-refractivity contribution is 5.77. The molecule has 0 atom stereocenters. The number of urea groups is 1. The topological polar surface area (TPSA) is 78.1 Å². The number of rotatable bonds is 4. The first-order valence-electron chi connectivity index (χ1n) is 9.70. The quantitative estimate of drug-likeness (QED) is 0.879. The normalized spacial score (nSPS) is 16.0. The molecule has 1 aliphatic carbocycles. The second kappa shape index (κ2) is 8.83. The largest absolute Gasteiger partial charge is 0.335 e. The maximum absolute atomic E-state index is 12.7. The minimum Gasteiger partial charge on any atom is -0.335 e. The maximum Gasteiger partial charge on any atom is 0.318 e. The molecule has 6 heteroatoms. The van der Waals surface area contributed by atoms with Crippen molar-refractivity contribution in [2.45, 2.75) is 64.5 Å². The standard InChI is InChI=1S/C20H28N4O2/c1-2-24(20(26)21-15-10-6-4-3-5-7-11-15)14-18-22-17-13-9-8-12-16(17)19(25)23-18/h8-9,12-13,15H,2-7,10-11,14H2,1H3,(H,21,26)(H,22,23,25). The minimum atomic E-state index is -0.165. The summed E-state index contributed by atoms with van der Waals surface area (Å²) in [6.07, 6.45) is 8.27. The van der Waals surface area contributed by atoms with Crippen LogP contribution in [0.2, 0.25) is 0 Å². The van der Waals surface area contributed by atoms with Gasteiger partial charge in [0.25, 0.3) is 5.56 Å². The molecule has 1 heterocycles. The molecular weight excluding hydrogens is 328 g/mol. The van der Waals surface area contributed by atoms with Gasteiger partial charge in [-0.1, -0.05) is 44.2 Å². The summed E-state index contributed by atoms with van der Waals surface area (Å²) in [6.45, 7) is 2.81. The number of amides is 2. The van der Waals surface area contributed by atoms with E-state index in [1.54, 1.807) is 11.0 Å². The van der Waals surface area contributed by atoms with Crippen LogP contribution in [0, 0.1) is 0 Å². The first-order valence-corrected chi connectivity index (χ1v) is 9.70. The van der Waals surface area contributed by atoms with Crippen molar-refractivity contribution < 1.29 is 4.79 Å². The fourth-order valence-corrected chi connectivity index (χ4v) is 3.58. The van der Waals surface area contributed by atoms with Gasteiger partial charge in [-0.2, -0.15) is 0 Å². The predicted molar refractivity (Wildman–Crippen MR) is 103 cm³/mol. The van der Waals surface area contributed by atoms with Gasteiger partial charge in [-0.05, 0) is 31.9 Å². The SMILES string of the molecule is CCN(Cc1nc2ccccc2c(=O)[nH]1)C(=O)NC1CCCCCCC1. The molecule has 0 radical (unpaired) electrons. The highest BCUT2D eigenvalue weighted by Gasteiger charge is 2.19. The Kier molecular flexibility index (Phi) is 6.26. The monoisotopic (exact) mass is 356 g/mol. The van der Waals surface area contributed by atoms with Crippen molar-refractivity contribution in [3.8, 4) is 0 Å². The summed E-state index contributed by atoms with van der Waals surface area (Å²) in [4.78, 5) is 33.9. The van der Waals surface area contributed by atoms with Gasteiger partial charge in [0.15, 0.2) is 0 Å². The average Bonchev–Trinajstić information content (AvgIpc) is 2.61. The summed E-state index contributed by atoms with van der Waals surface area (Å²) in [7, 11) is 0. The number of carbonyl (C=O) groups excluding carboxylic acids is 1. The van der Waals surface area contributed by atoms with Crippen LogP contribution in [0.1, 0.15) is 57.7 Å². The number of aromatic amines is 1. The molecule has 0 bridgehead atoms. The van der Waals surface area contributed by atoms with E-state index in [9.17, 15) is 9.59 Å². The van der Waals surface area contributed by atoms with E-state index < -0.39 is 0 Å². The van der Waals surface area contributed by atoms with Crippen molar-refractivity contribution in [3.05, 3.63) is 40.4 Å². The fourth-order valence-electron chi connectivity index (χ4n) is 3.58. The Morgan fingerprint density at radius 3 is 2.62 bits per heavy atom. The number of hydrogen-bond acceptors (Lipinski definition) is 3. The number of fused-ring (bicyclic) bond motifs is 1. The number of para-hydroxylation sites is 1. The average molecular weight is 356 g/mol. The molecular formula is C20H28N4O2. The third-order valence-corrected chi connectivity index (χ3v) is 5.10. The van der Waals surface area contributed by atoms with Crippen LogP contribution >= 0.6 is 0 Å². The molecule has 1 aromatic carbocycles. The lowest BCUT2D eigenvalue weighted by atomic mass is 9.97. The number of aromatic nitrogens is 2. The van der Waals surface area contributed by atoms with Crippen molar-refractivity contribution in [3.63, 3.8) is 0 Å². The van der Waals surface area contributed by atoms with Gasteiger partial charge in [0.2, 0.25) is 0 Å². The summed E-state index contributed by atoms with van der Waals surface area (Å²) in [6, 6.07) is 7.43. The first kappa shape index (κ1) is 18.4. The molecule has 0 unspecified atom stereocenters. The van der Waals surface area contributed by atoms with Gasteiger partial charge in [0, 0.05) is 12.6 Å². The van der Waals surface area contributed by atoms with Crippen molar-refractivity contribution in [1.29, 1.82) is 0 Å². The first-order chi connectivity index (χ1) is 12.7. The van der Waals surface area contributed by atoms with E-state index in [4.69, 9.17) is 0 Å². The minimum absolute atomic E-state index is 0.0751. The third-order valence-electron chi connectivity index (χ3n) is 5.10. The van der Waals surface area contributed by atoms with Gasteiger partial charge in [0.05, 0.1) is 17.4 Å². The second-order valence-corrected chi connectivity index (χ2v) is 7.04. The summed E-state index contributed by atoms with van der Waals surface area (Å²) < 4.78 is 0. The lowest BCUT2D eigenvalue weighted by Gasteiger charge is -2.26. The molecule has 140 valence electrons. The van der Waals surface area contributed by atoms with Gasteiger partial charge >= 0.3 is 6.03 Å². The molecule has 3 rings (SSSR count). The van der Waals surface area contributed by atoms with Gasteiger partial charge in [-0.3, -0.25) is 4.79 Å². The molecule has 26 heavy (non-hydrogen) atoms. The molecule has 1 aromatic heterocycles. The molecule has 1 fully saturated rings. The lowest BCUT2D eigenvalue weighted by Crippen LogP contribution is -2.45. The molecule has 0 aliphatic heterocycles. The van der Waals surface area contributed by atoms with E-state index in [-0.39, 0.29) is 17.6 Å². The number of H-pyrrole nitrogens is 1. The summed E-state index contributed by atoms with van der Waals surface area (Å²) in [5.74, 6) is 0.517. The van der Waals surface area contributed by atoms with Gasteiger partial charge < -0.3 is 15.2 Å². The zero-order chi connectivity index (χ0) is 18.4. The maximum atomic E-state index is 12.7. The summed E-state index contributed by atoms with van der Waals surface area (Å²) >= 11 is 0. The van der Waals surface area contributed by atoms with E-state index in [0.29, 0.717) is 29.8 Å². The van der Waals surface area contributed by atoms with E-state index in [1.165, 1.54) is 32.1 Å². The number of nitrogens with one attached hydrogen (secondary N) is 2. The van der Waals surface area contributed by atoms with Crippen LogP contribution in [-0.4, -0.2) is 33.5 Å². The Hall–Kier alpha value is -2.37. The van der Waals surface area contributed by atoms with E-state index in [0.717, 1.165) is 12.8 Å². The van der Waals surface area contributed by atoms with Crippen LogP contribution < -0.4 is 10.9 Å². The van der Waals surface area contributed by atoms with Gasteiger partial charge in [-0.15, -0.1) is 0 Å². The van der Waals surface area contributed by atoms with E-state index in [2.05, 4.69) is 15.3 Å². The van der Waals surface area contributed by atoms with Crippen molar-refractivity contribution >= 4 is 16.9 Å². The molecule has 1 aliphatic rings. The summed E-state index contributed by atoms with van der Waals surface area (Å²) in [5, 5.41) is 3.74. The zero-order valence-corrected chi connectivity index (χ0v) is 15.5. The van der Waals surface area contributed by atoms with E-state index >= 15 is 0 Å². The highest BCUT2D eigenvalue weighted by atomic mass is 16.2. The van der Waals surface area contributed by atoms with Gasteiger partial charge in [0.1, 0.15) is 5.82 Å². The smallest absolute Gasteiger partial charge is 0.318 e. The number of nitrogens with zero attached hydrogens (tertiary/aromatic N) is 2. The molecule has 2 amide bonds. The summed E-state index contributed by atoms with van der Waals surface area (Å²) in [5.41, 5.74) is 0.491. The Morgan fingerprint density at radius 1 is 1.19 bits per heavy atom. The van der Waals surface area contributed by atoms with E-state index in [1.807, 2.05) is 25.1 Å². The van der Waals surface area contributed by atoms with Crippen LogP contribution in [0.15, 0.2) is 29.1 Å². The predicted octanol–water partition coefficient (Wildman–Crippen LogP) is 3.57. The number of carbonyl (C=O) groups is 1. The molecule has 2 aromatic rings. The molecule has 1 saturated carbocycles. The van der Waals surface area contributed by atoms with Gasteiger partial charge in [-0.25, -0.2) is 9.78 Å². The molecule has 0 spiro atoms. The van der Waals surface area contributed by atoms with Crippen LogP contribution in [0.25, 0.3) is 10.9 Å². The Bertz CT molecular complexity index is 794. The third kappa shape index (κ3) is 4.62. The lowest BCUT2D eigenvalue weighted by molar-refractivity contribution is 0.190. The molecule has 6 nitrogen and oxygen atoms in total. The fraction of sp³-hybridized carbons (Fsp3) is 0.550. The van der Waals surface area contributed by atoms with Crippen LogP contribution in [0.3, 0.4) is 0 Å².